The largest absolute Gasteiger partial charge is 0.382 e. The van der Waals surface area contributed by atoms with E-state index >= 15 is 0 Å². The highest BCUT2D eigenvalue weighted by atomic mass is 127. The zero-order valence-corrected chi connectivity index (χ0v) is 10.1. The number of imidazole rings is 1. The first kappa shape index (κ1) is 10.6. The molecule has 0 atom stereocenters. The van der Waals surface area contributed by atoms with Crippen LogP contribution in [0.1, 0.15) is 0 Å². The fourth-order valence-electron chi connectivity index (χ4n) is 1.21. The van der Waals surface area contributed by atoms with E-state index in [1.807, 2.05) is 0 Å². The third kappa shape index (κ3) is 2.17. The van der Waals surface area contributed by atoms with E-state index in [0.29, 0.717) is 30.3 Å². The molecule has 2 heterocycles. The third-order valence-electron chi connectivity index (χ3n) is 1.88. The quantitative estimate of drug-likeness (QED) is 0.513. The number of fused-ring (bicyclic) bond motifs is 1. The summed E-state index contributed by atoms with van der Waals surface area (Å²) in [7, 11) is 0. The SMILES string of the molecule is Nc1ncnc2c1ncn2COCCI. The van der Waals surface area contributed by atoms with Crippen LogP contribution in [0, 0.1) is 0 Å². The van der Waals surface area contributed by atoms with Crippen molar-refractivity contribution in [3.8, 4) is 0 Å². The van der Waals surface area contributed by atoms with Crippen molar-refractivity contribution in [1.82, 2.24) is 19.5 Å². The van der Waals surface area contributed by atoms with Crippen LogP contribution in [0.2, 0.25) is 0 Å². The fraction of sp³-hybridized carbons (Fsp3) is 0.375. The molecule has 0 aliphatic heterocycles. The maximum absolute atomic E-state index is 5.66. The Morgan fingerprint density at radius 3 is 3.07 bits per heavy atom. The summed E-state index contributed by atoms with van der Waals surface area (Å²) in [5.41, 5.74) is 6.98. The first-order valence-corrected chi connectivity index (χ1v) is 5.90. The summed E-state index contributed by atoms with van der Waals surface area (Å²) < 4.78 is 8.15. The van der Waals surface area contributed by atoms with E-state index in [1.165, 1.54) is 6.33 Å². The van der Waals surface area contributed by atoms with Crippen LogP contribution in [-0.4, -0.2) is 30.6 Å². The van der Waals surface area contributed by atoms with Gasteiger partial charge in [-0.2, -0.15) is 0 Å². The zero-order chi connectivity index (χ0) is 10.7. The molecule has 7 heteroatoms. The van der Waals surface area contributed by atoms with Gasteiger partial charge in [-0.25, -0.2) is 15.0 Å². The molecule has 0 radical (unpaired) electrons. The van der Waals surface area contributed by atoms with Gasteiger partial charge >= 0.3 is 0 Å². The van der Waals surface area contributed by atoms with Crippen LogP contribution in [0.5, 0.6) is 0 Å². The summed E-state index contributed by atoms with van der Waals surface area (Å²) in [5, 5.41) is 0. The first-order chi connectivity index (χ1) is 7.33. The predicted octanol–water partition coefficient (Wildman–Crippen LogP) is 0.818. The van der Waals surface area contributed by atoms with Gasteiger partial charge in [0.2, 0.25) is 0 Å². The molecule has 80 valence electrons. The smallest absolute Gasteiger partial charge is 0.167 e. The van der Waals surface area contributed by atoms with E-state index in [4.69, 9.17) is 10.5 Å². The number of aromatic nitrogens is 4. The number of halogens is 1. The van der Waals surface area contributed by atoms with Gasteiger partial charge in [-0.3, -0.25) is 4.57 Å². The van der Waals surface area contributed by atoms with Crippen molar-refractivity contribution in [2.45, 2.75) is 6.73 Å². The predicted molar refractivity (Wildman–Crippen MR) is 64.6 cm³/mol. The van der Waals surface area contributed by atoms with Crippen LogP contribution in [0.3, 0.4) is 0 Å². The minimum Gasteiger partial charge on any atom is -0.382 e. The van der Waals surface area contributed by atoms with Crippen LogP contribution < -0.4 is 5.73 Å². The Labute approximate surface area is 100 Å². The van der Waals surface area contributed by atoms with Gasteiger partial charge in [0, 0.05) is 4.43 Å². The highest BCUT2D eigenvalue weighted by molar-refractivity contribution is 14.1. The molecule has 0 fully saturated rings. The topological polar surface area (TPSA) is 78.9 Å². The Hall–Kier alpha value is -0.960. The van der Waals surface area contributed by atoms with Gasteiger partial charge < -0.3 is 10.5 Å². The van der Waals surface area contributed by atoms with Gasteiger partial charge in [-0.1, -0.05) is 22.6 Å². The number of anilines is 1. The molecule has 0 saturated carbocycles. The maximum atomic E-state index is 5.66. The molecule has 2 aromatic rings. The molecule has 6 nitrogen and oxygen atoms in total. The van der Waals surface area contributed by atoms with Crippen LogP contribution in [0.4, 0.5) is 5.82 Å². The molecule has 0 aliphatic rings. The van der Waals surface area contributed by atoms with E-state index < -0.39 is 0 Å². The minimum atomic E-state index is 0.396. The monoisotopic (exact) mass is 319 g/mol. The van der Waals surface area contributed by atoms with Gasteiger partial charge in [-0.05, 0) is 0 Å². The summed E-state index contributed by atoms with van der Waals surface area (Å²) >= 11 is 2.26. The zero-order valence-electron chi connectivity index (χ0n) is 7.93. The molecule has 2 N–H and O–H groups in total. The number of nitrogens with zero attached hydrogens (tertiary/aromatic N) is 4. The average molecular weight is 319 g/mol. The Morgan fingerprint density at radius 2 is 2.27 bits per heavy atom. The van der Waals surface area contributed by atoms with E-state index in [-0.39, 0.29) is 0 Å². The summed E-state index contributed by atoms with van der Waals surface area (Å²) in [6.07, 6.45) is 3.08. The van der Waals surface area contributed by atoms with Crippen molar-refractivity contribution in [3.63, 3.8) is 0 Å². The van der Waals surface area contributed by atoms with Gasteiger partial charge in [-0.15, -0.1) is 0 Å². The van der Waals surface area contributed by atoms with E-state index in [1.54, 1.807) is 10.9 Å². The Kier molecular flexibility index (Phi) is 3.31. The number of hydrogen-bond donors (Lipinski definition) is 1. The molecular weight excluding hydrogens is 309 g/mol. The van der Waals surface area contributed by atoms with Crippen LogP contribution in [0.25, 0.3) is 11.2 Å². The van der Waals surface area contributed by atoms with Crippen LogP contribution in [0.15, 0.2) is 12.7 Å². The van der Waals surface area contributed by atoms with Gasteiger partial charge in [0.25, 0.3) is 0 Å². The highest BCUT2D eigenvalue weighted by Gasteiger charge is 2.06. The van der Waals surface area contributed by atoms with Crippen molar-refractivity contribution in [1.29, 1.82) is 0 Å². The second-order valence-corrected chi connectivity index (χ2v) is 3.95. The number of hydrogen-bond acceptors (Lipinski definition) is 5. The molecule has 0 unspecified atom stereocenters. The van der Waals surface area contributed by atoms with E-state index in [0.717, 1.165) is 4.43 Å². The summed E-state index contributed by atoms with van der Waals surface area (Å²) in [6, 6.07) is 0. The lowest BCUT2D eigenvalue weighted by atomic mass is 10.5. The number of nitrogens with two attached hydrogens (primary N) is 1. The lowest BCUT2D eigenvalue weighted by molar-refractivity contribution is 0.0935. The molecule has 2 aromatic heterocycles. The fourth-order valence-corrected chi connectivity index (χ4v) is 1.52. The van der Waals surface area contributed by atoms with Gasteiger partial charge in [0.1, 0.15) is 18.6 Å². The lowest BCUT2D eigenvalue weighted by Crippen LogP contribution is -2.04. The molecule has 0 bridgehead atoms. The number of nitrogen functional groups attached to an aromatic ring is 1. The summed E-state index contributed by atoms with van der Waals surface area (Å²) in [6.45, 7) is 1.15. The number of alkyl halides is 1. The highest BCUT2D eigenvalue weighted by Crippen LogP contribution is 2.13. The molecule has 0 aromatic carbocycles. The molecule has 0 spiro atoms. The van der Waals surface area contributed by atoms with Crippen LogP contribution in [-0.2, 0) is 11.5 Å². The van der Waals surface area contributed by atoms with E-state index in [9.17, 15) is 0 Å². The Balaban J connectivity index is 2.25. The van der Waals surface area contributed by atoms with Crippen molar-refractivity contribution < 1.29 is 4.74 Å². The van der Waals surface area contributed by atoms with Crippen molar-refractivity contribution >= 4 is 39.6 Å². The summed E-state index contributed by atoms with van der Waals surface area (Å²) in [5.74, 6) is 0.396. The van der Waals surface area contributed by atoms with Gasteiger partial charge in [0.15, 0.2) is 11.5 Å². The number of ether oxygens (including phenoxy) is 1. The Morgan fingerprint density at radius 1 is 1.40 bits per heavy atom. The third-order valence-corrected chi connectivity index (χ3v) is 2.32. The molecule has 0 aliphatic carbocycles. The minimum absolute atomic E-state index is 0.396. The standard InChI is InChI=1S/C8H10IN5O/c9-1-2-15-5-14-4-13-6-7(10)11-3-12-8(6)14/h3-4H,1-2,5H2,(H2,10,11,12). The second kappa shape index (κ2) is 4.71. The van der Waals surface area contributed by atoms with Crippen molar-refractivity contribution in [2.24, 2.45) is 0 Å². The first-order valence-electron chi connectivity index (χ1n) is 4.38. The number of rotatable bonds is 4. The molecular formula is C8H10IN5O. The summed E-state index contributed by atoms with van der Waals surface area (Å²) in [4.78, 5) is 12.1. The van der Waals surface area contributed by atoms with Crippen LogP contribution >= 0.6 is 22.6 Å². The molecule has 15 heavy (non-hydrogen) atoms. The Bertz CT molecular complexity index is 457. The van der Waals surface area contributed by atoms with Crippen molar-refractivity contribution in [2.75, 3.05) is 16.8 Å². The second-order valence-electron chi connectivity index (χ2n) is 2.87. The molecule has 2 rings (SSSR count). The van der Waals surface area contributed by atoms with Crippen molar-refractivity contribution in [3.05, 3.63) is 12.7 Å². The van der Waals surface area contributed by atoms with E-state index in [2.05, 4.69) is 37.5 Å². The molecule has 0 amide bonds. The normalized spacial score (nSPS) is 11.0. The average Bonchev–Trinajstić information content (AvgIpc) is 2.64. The maximum Gasteiger partial charge on any atom is 0.167 e. The van der Waals surface area contributed by atoms with Gasteiger partial charge in [0.05, 0.1) is 12.9 Å². The lowest BCUT2D eigenvalue weighted by Gasteiger charge is -2.03. The molecule has 0 saturated heterocycles.